The van der Waals surface area contributed by atoms with E-state index in [1.54, 1.807) is 20.9 Å². The van der Waals surface area contributed by atoms with Crippen LogP contribution in [-0.2, 0) is 9.59 Å². The van der Waals surface area contributed by atoms with Gasteiger partial charge in [-0.3, -0.25) is 14.5 Å². The highest BCUT2D eigenvalue weighted by Crippen LogP contribution is 2.18. The van der Waals surface area contributed by atoms with Crippen LogP contribution in [0.25, 0.3) is 0 Å². The number of nitrogens with zero attached hydrogens (tertiary/aromatic N) is 1. The second-order valence-corrected chi connectivity index (χ2v) is 5.52. The molecule has 1 aromatic carbocycles. The largest absolute Gasteiger partial charge is 0.480 e. The first-order valence-electron chi connectivity index (χ1n) is 6.47. The molecule has 0 fully saturated rings. The van der Waals surface area contributed by atoms with Crippen LogP contribution in [0.4, 0.5) is 5.69 Å². The lowest BCUT2D eigenvalue weighted by Gasteiger charge is -2.30. The van der Waals surface area contributed by atoms with Gasteiger partial charge in [-0.2, -0.15) is 0 Å². The van der Waals surface area contributed by atoms with E-state index in [1.165, 1.54) is 4.90 Å². The van der Waals surface area contributed by atoms with Gasteiger partial charge in [0.2, 0.25) is 5.91 Å². The van der Waals surface area contributed by atoms with E-state index in [0.29, 0.717) is 0 Å². The third-order valence-electron chi connectivity index (χ3n) is 3.74. The molecule has 110 valence electrons. The lowest BCUT2D eigenvalue weighted by atomic mass is 10.0. The van der Waals surface area contributed by atoms with Crippen LogP contribution < -0.4 is 5.32 Å². The number of hydrogen-bond donors (Lipinski definition) is 2. The fourth-order valence-electron chi connectivity index (χ4n) is 1.65. The average molecular weight is 278 g/mol. The second kappa shape index (κ2) is 6.05. The number of aliphatic carboxylic acids is 1. The summed E-state index contributed by atoms with van der Waals surface area (Å²) < 4.78 is 0. The Balaban J connectivity index is 2.74. The number of nitrogens with one attached hydrogen (secondary N) is 1. The van der Waals surface area contributed by atoms with E-state index in [1.807, 2.05) is 32.0 Å². The number of hydrogen-bond acceptors (Lipinski definition) is 3. The van der Waals surface area contributed by atoms with Gasteiger partial charge in [-0.25, -0.2) is 0 Å². The number of amides is 1. The Labute approximate surface area is 119 Å². The monoisotopic (exact) mass is 278 g/mol. The highest BCUT2D eigenvalue weighted by Gasteiger charge is 2.32. The maximum atomic E-state index is 12.0. The molecular formula is C15H22N2O3. The van der Waals surface area contributed by atoms with E-state index < -0.39 is 11.5 Å². The summed E-state index contributed by atoms with van der Waals surface area (Å²) in [7, 11) is 1.62. The SMILES string of the molecule is Cc1cccc(NC(=O)CN(C)C(C)(C)C(=O)O)c1C. The topological polar surface area (TPSA) is 69.6 Å². The molecule has 0 spiro atoms. The van der Waals surface area contributed by atoms with Crippen molar-refractivity contribution in [1.82, 2.24) is 4.90 Å². The lowest BCUT2D eigenvalue weighted by molar-refractivity contribution is -0.148. The molecule has 0 saturated heterocycles. The van der Waals surface area contributed by atoms with Crippen molar-refractivity contribution in [3.05, 3.63) is 29.3 Å². The Kier molecular flexibility index (Phi) is 4.89. The van der Waals surface area contributed by atoms with Gasteiger partial charge in [-0.1, -0.05) is 12.1 Å². The molecule has 0 saturated carbocycles. The highest BCUT2D eigenvalue weighted by atomic mass is 16.4. The number of benzene rings is 1. The summed E-state index contributed by atoms with van der Waals surface area (Å²) in [5.74, 6) is -1.19. The summed E-state index contributed by atoms with van der Waals surface area (Å²) >= 11 is 0. The molecule has 20 heavy (non-hydrogen) atoms. The number of carboxylic acid groups (broad SMARTS) is 1. The number of likely N-dealkylation sites (N-methyl/N-ethyl adjacent to an activating group) is 1. The normalized spacial score (nSPS) is 11.5. The summed E-state index contributed by atoms with van der Waals surface area (Å²) in [6.07, 6.45) is 0. The number of carbonyl (C=O) groups is 2. The fraction of sp³-hybridized carbons (Fsp3) is 0.467. The first-order valence-corrected chi connectivity index (χ1v) is 6.47. The van der Waals surface area contributed by atoms with Crippen molar-refractivity contribution in [2.24, 2.45) is 0 Å². The molecule has 0 radical (unpaired) electrons. The summed E-state index contributed by atoms with van der Waals surface area (Å²) in [5, 5.41) is 11.9. The van der Waals surface area contributed by atoms with Crippen LogP contribution in [-0.4, -0.2) is 41.0 Å². The lowest BCUT2D eigenvalue weighted by Crippen LogP contribution is -2.50. The van der Waals surface area contributed by atoms with Gasteiger partial charge in [0, 0.05) is 5.69 Å². The summed E-state index contributed by atoms with van der Waals surface area (Å²) in [4.78, 5) is 24.6. The van der Waals surface area contributed by atoms with Crippen molar-refractivity contribution in [3.63, 3.8) is 0 Å². The number of carbonyl (C=O) groups excluding carboxylic acids is 1. The Hall–Kier alpha value is -1.88. The first-order chi connectivity index (χ1) is 9.16. The Morgan fingerprint density at radius 3 is 2.45 bits per heavy atom. The van der Waals surface area contributed by atoms with E-state index in [4.69, 9.17) is 5.11 Å². The van der Waals surface area contributed by atoms with Crippen molar-refractivity contribution in [2.45, 2.75) is 33.2 Å². The van der Waals surface area contributed by atoms with E-state index in [9.17, 15) is 9.59 Å². The minimum absolute atomic E-state index is 0.0205. The molecule has 5 nitrogen and oxygen atoms in total. The fourth-order valence-corrected chi connectivity index (χ4v) is 1.65. The third kappa shape index (κ3) is 3.57. The average Bonchev–Trinajstić information content (AvgIpc) is 2.34. The molecule has 0 unspecified atom stereocenters. The number of aryl methyl sites for hydroxylation is 1. The zero-order chi connectivity index (χ0) is 15.5. The Morgan fingerprint density at radius 1 is 1.30 bits per heavy atom. The molecular weight excluding hydrogens is 256 g/mol. The van der Waals surface area contributed by atoms with Gasteiger partial charge in [0.15, 0.2) is 0 Å². The van der Waals surface area contributed by atoms with Gasteiger partial charge in [0.1, 0.15) is 5.54 Å². The van der Waals surface area contributed by atoms with Crippen molar-refractivity contribution in [1.29, 1.82) is 0 Å². The zero-order valence-corrected chi connectivity index (χ0v) is 12.7. The predicted octanol–water partition coefficient (Wildman–Crippen LogP) is 2.04. The quantitative estimate of drug-likeness (QED) is 0.864. The molecule has 0 heterocycles. The van der Waals surface area contributed by atoms with Gasteiger partial charge < -0.3 is 10.4 Å². The summed E-state index contributed by atoms with van der Waals surface area (Å²) in [6, 6.07) is 5.69. The van der Waals surface area contributed by atoms with Gasteiger partial charge in [0.05, 0.1) is 6.54 Å². The van der Waals surface area contributed by atoms with Crippen LogP contribution in [0.3, 0.4) is 0 Å². The molecule has 0 aliphatic carbocycles. The Morgan fingerprint density at radius 2 is 1.90 bits per heavy atom. The zero-order valence-electron chi connectivity index (χ0n) is 12.7. The molecule has 1 aromatic rings. The number of rotatable bonds is 5. The van der Waals surface area contributed by atoms with Crippen LogP contribution in [0.2, 0.25) is 0 Å². The van der Waals surface area contributed by atoms with Gasteiger partial charge in [-0.15, -0.1) is 0 Å². The molecule has 0 aliphatic heterocycles. The van der Waals surface area contributed by atoms with E-state index in [-0.39, 0.29) is 12.5 Å². The Bertz CT molecular complexity index is 524. The van der Waals surface area contributed by atoms with E-state index in [2.05, 4.69) is 5.32 Å². The van der Waals surface area contributed by atoms with Gasteiger partial charge >= 0.3 is 5.97 Å². The van der Waals surface area contributed by atoms with Crippen molar-refractivity contribution < 1.29 is 14.7 Å². The van der Waals surface area contributed by atoms with Gasteiger partial charge in [-0.05, 0) is 51.9 Å². The smallest absolute Gasteiger partial charge is 0.323 e. The second-order valence-electron chi connectivity index (χ2n) is 5.52. The summed E-state index contributed by atoms with van der Waals surface area (Å²) in [6.45, 7) is 7.08. The van der Waals surface area contributed by atoms with Crippen molar-refractivity contribution in [3.8, 4) is 0 Å². The molecule has 0 aliphatic rings. The van der Waals surface area contributed by atoms with Crippen LogP contribution in [0.5, 0.6) is 0 Å². The molecule has 0 aromatic heterocycles. The van der Waals surface area contributed by atoms with Crippen LogP contribution >= 0.6 is 0 Å². The first kappa shape index (κ1) is 16.2. The highest BCUT2D eigenvalue weighted by molar-refractivity contribution is 5.93. The number of carboxylic acids is 1. The molecule has 1 rings (SSSR count). The summed E-state index contributed by atoms with van der Waals surface area (Å²) in [5.41, 5.74) is 1.79. The van der Waals surface area contributed by atoms with Gasteiger partial charge in [0.25, 0.3) is 0 Å². The maximum absolute atomic E-state index is 12.0. The minimum Gasteiger partial charge on any atom is -0.480 e. The van der Waals surface area contributed by atoms with E-state index >= 15 is 0 Å². The number of anilines is 1. The standard InChI is InChI=1S/C15H22N2O3/c1-10-7-6-8-12(11(10)2)16-13(18)9-17(5)15(3,4)14(19)20/h6-8H,9H2,1-5H3,(H,16,18)(H,19,20). The van der Waals surface area contributed by atoms with Crippen LogP contribution in [0.1, 0.15) is 25.0 Å². The van der Waals surface area contributed by atoms with Crippen LogP contribution in [0.15, 0.2) is 18.2 Å². The maximum Gasteiger partial charge on any atom is 0.323 e. The molecule has 0 atom stereocenters. The van der Waals surface area contributed by atoms with E-state index in [0.717, 1.165) is 16.8 Å². The molecule has 5 heteroatoms. The predicted molar refractivity (Wildman–Crippen MR) is 78.9 cm³/mol. The van der Waals surface area contributed by atoms with Crippen LogP contribution in [0, 0.1) is 13.8 Å². The minimum atomic E-state index is -1.08. The van der Waals surface area contributed by atoms with Crippen molar-refractivity contribution >= 4 is 17.6 Å². The third-order valence-corrected chi connectivity index (χ3v) is 3.74. The van der Waals surface area contributed by atoms with Crippen molar-refractivity contribution in [2.75, 3.05) is 18.9 Å². The molecule has 0 bridgehead atoms. The molecule has 1 amide bonds. The molecule has 2 N–H and O–H groups in total.